The topological polar surface area (TPSA) is 88.4 Å². The third-order valence-electron chi connectivity index (χ3n) is 4.06. The molecule has 7 nitrogen and oxygen atoms in total. The van der Waals surface area contributed by atoms with Gasteiger partial charge < -0.3 is 15.0 Å². The number of hydrogen-bond acceptors (Lipinski definition) is 5. The number of fused-ring (bicyclic) bond motifs is 1. The summed E-state index contributed by atoms with van der Waals surface area (Å²) in [6.45, 7) is -0.475. The molecule has 3 aromatic rings. The standard InChI is InChI=1S/C17H13B2BrClFN4O3/c1-26-6-23-15-12(22)14(24-13-8(18)4-7(20)5-9(13)21)10(11(19)16(15)26)17(28)25-29-3-2-27/h4-6,24,27H,2-3H2,1H3,(H,25,28). The fourth-order valence-corrected chi connectivity index (χ4v) is 3.69. The number of aromatic nitrogens is 2. The number of benzene rings is 2. The first-order valence-electron chi connectivity index (χ1n) is 8.22. The maximum absolute atomic E-state index is 15.4. The number of anilines is 2. The van der Waals surface area contributed by atoms with Crippen LogP contribution in [0.4, 0.5) is 15.8 Å². The highest BCUT2D eigenvalue weighted by Gasteiger charge is 2.25. The van der Waals surface area contributed by atoms with Crippen molar-refractivity contribution in [2.45, 2.75) is 0 Å². The number of aliphatic hydroxyl groups excluding tert-OH is 1. The second-order valence-electron chi connectivity index (χ2n) is 6.01. The molecule has 3 N–H and O–H groups in total. The minimum Gasteiger partial charge on any atom is -0.394 e. The molecule has 0 unspecified atom stereocenters. The van der Waals surface area contributed by atoms with Gasteiger partial charge in [0.2, 0.25) is 0 Å². The Kier molecular flexibility index (Phi) is 6.52. The molecule has 3 rings (SSSR count). The maximum atomic E-state index is 15.4. The van der Waals surface area contributed by atoms with E-state index in [-0.39, 0.29) is 57.1 Å². The first-order valence-corrected chi connectivity index (χ1v) is 9.39. The number of rotatable bonds is 6. The second kappa shape index (κ2) is 8.74. The Hall–Kier alpha value is -2.07. The molecule has 0 atom stereocenters. The average molecular weight is 477 g/mol. The van der Waals surface area contributed by atoms with Crippen molar-refractivity contribution < 1.29 is 19.1 Å². The largest absolute Gasteiger partial charge is 0.394 e. The van der Waals surface area contributed by atoms with Crippen molar-refractivity contribution in [3.8, 4) is 0 Å². The molecule has 2 aromatic carbocycles. The van der Waals surface area contributed by atoms with Crippen molar-refractivity contribution in [1.82, 2.24) is 15.0 Å². The van der Waals surface area contributed by atoms with E-state index in [1.54, 1.807) is 19.2 Å². The van der Waals surface area contributed by atoms with E-state index in [9.17, 15) is 4.79 Å². The summed E-state index contributed by atoms with van der Waals surface area (Å²) in [5, 5.41) is 11.8. The summed E-state index contributed by atoms with van der Waals surface area (Å²) in [5.74, 6) is -1.65. The summed E-state index contributed by atoms with van der Waals surface area (Å²) < 4.78 is 17.5. The Bertz CT molecular complexity index is 1090. The molecule has 0 saturated carbocycles. The summed E-state index contributed by atoms with van der Waals surface area (Å²) in [6.07, 6.45) is 1.37. The number of hydroxylamine groups is 1. The molecular formula is C17H13B2BrClFN4O3. The van der Waals surface area contributed by atoms with Gasteiger partial charge in [-0.15, -0.1) is 0 Å². The Balaban J connectivity index is 2.20. The Labute approximate surface area is 181 Å². The van der Waals surface area contributed by atoms with Gasteiger partial charge in [-0.25, -0.2) is 14.9 Å². The summed E-state index contributed by atoms with van der Waals surface area (Å²) in [6, 6.07) is 3.13. The van der Waals surface area contributed by atoms with Gasteiger partial charge in [0.25, 0.3) is 5.91 Å². The average Bonchev–Trinajstić information content (AvgIpc) is 3.04. The highest BCUT2D eigenvalue weighted by atomic mass is 79.9. The normalized spacial score (nSPS) is 11.1. The molecule has 0 saturated heterocycles. The van der Waals surface area contributed by atoms with E-state index in [1.165, 1.54) is 10.9 Å². The molecule has 1 heterocycles. The lowest BCUT2D eigenvalue weighted by Gasteiger charge is -2.19. The van der Waals surface area contributed by atoms with Gasteiger partial charge in [0.05, 0.1) is 47.0 Å². The van der Waals surface area contributed by atoms with E-state index in [2.05, 4.69) is 31.7 Å². The number of aryl methyl sites for hydroxylation is 1. The third-order valence-corrected chi connectivity index (χ3v) is 4.82. The first kappa shape index (κ1) is 21.6. The third kappa shape index (κ3) is 4.13. The van der Waals surface area contributed by atoms with Crippen LogP contribution >= 0.6 is 27.5 Å². The quantitative estimate of drug-likeness (QED) is 0.282. The number of imidazole rings is 1. The number of carbonyl (C=O) groups is 1. The predicted octanol–water partition coefficient (Wildman–Crippen LogP) is 1.11. The zero-order valence-electron chi connectivity index (χ0n) is 15.1. The molecular weight excluding hydrogens is 464 g/mol. The molecule has 4 radical (unpaired) electrons. The van der Waals surface area contributed by atoms with Gasteiger partial charge in [0, 0.05) is 11.5 Å². The van der Waals surface area contributed by atoms with E-state index >= 15 is 4.39 Å². The van der Waals surface area contributed by atoms with Crippen LogP contribution in [0.1, 0.15) is 10.4 Å². The lowest BCUT2D eigenvalue weighted by molar-refractivity contribution is 0.0169. The van der Waals surface area contributed by atoms with Gasteiger partial charge in [-0.3, -0.25) is 9.63 Å². The molecule has 1 amide bonds. The molecule has 0 fully saturated rings. The molecule has 0 aliphatic rings. The molecule has 0 bridgehead atoms. The van der Waals surface area contributed by atoms with Gasteiger partial charge in [0.15, 0.2) is 5.82 Å². The molecule has 12 heteroatoms. The first-order chi connectivity index (χ1) is 13.8. The molecule has 0 aliphatic heterocycles. The summed E-state index contributed by atoms with van der Waals surface area (Å²) >= 11 is 9.50. The van der Waals surface area contributed by atoms with E-state index < -0.39 is 11.7 Å². The number of amides is 1. The Morgan fingerprint density at radius 3 is 2.79 bits per heavy atom. The summed E-state index contributed by atoms with van der Waals surface area (Å²) in [7, 11) is 13.8. The molecule has 146 valence electrons. The maximum Gasteiger partial charge on any atom is 0.276 e. The van der Waals surface area contributed by atoms with E-state index in [1.807, 2.05) is 0 Å². The number of nitrogens with one attached hydrogen (secondary N) is 2. The summed E-state index contributed by atoms with van der Waals surface area (Å²) in [5.41, 5.74) is 2.20. The Morgan fingerprint density at radius 2 is 2.14 bits per heavy atom. The summed E-state index contributed by atoms with van der Waals surface area (Å²) in [4.78, 5) is 21.6. The van der Waals surface area contributed by atoms with Crippen LogP contribution in [0.5, 0.6) is 0 Å². The zero-order chi connectivity index (χ0) is 21.3. The van der Waals surface area contributed by atoms with Crippen LogP contribution in [-0.4, -0.2) is 49.5 Å². The SMILES string of the molecule is [B]c1cc(Br)cc(Cl)c1Nc1c(C(=O)NOCCO)c([B])c2c(ncn2C)c1F. The lowest BCUT2D eigenvalue weighted by Crippen LogP contribution is -2.32. The van der Waals surface area contributed by atoms with Crippen LogP contribution < -0.4 is 21.7 Å². The van der Waals surface area contributed by atoms with Gasteiger partial charge in [-0.2, -0.15) is 0 Å². The monoisotopic (exact) mass is 476 g/mol. The van der Waals surface area contributed by atoms with Crippen molar-refractivity contribution in [2.75, 3.05) is 18.5 Å². The number of hydrogen-bond donors (Lipinski definition) is 3. The van der Waals surface area contributed by atoms with Gasteiger partial charge in [-0.1, -0.05) is 44.5 Å². The van der Waals surface area contributed by atoms with Crippen LogP contribution in [0.2, 0.25) is 5.02 Å². The zero-order valence-corrected chi connectivity index (χ0v) is 17.4. The smallest absolute Gasteiger partial charge is 0.276 e. The lowest BCUT2D eigenvalue weighted by atomic mass is 9.86. The predicted molar refractivity (Wildman–Crippen MR) is 114 cm³/mol. The van der Waals surface area contributed by atoms with Crippen LogP contribution in [0.3, 0.4) is 0 Å². The minimum atomic E-state index is -0.827. The fourth-order valence-electron chi connectivity index (χ4n) is 2.81. The highest BCUT2D eigenvalue weighted by Crippen LogP contribution is 2.32. The van der Waals surface area contributed by atoms with Crippen molar-refractivity contribution in [3.05, 3.63) is 39.3 Å². The number of halogens is 3. The van der Waals surface area contributed by atoms with Crippen molar-refractivity contribution in [2.24, 2.45) is 7.05 Å². The minimum absolute atomic E-state index is 0.0270. The van der Waals surface area contributed by atoms with Gasteiger partial charge in [0.1, 0.15) is 21.2 Å². The number of aliphatic hydroxyl groups is 1. The van der Waals surface area contributed by atoms with Gasteiger partial charge in [-0.05, 0) is 6.07 Å². The van der Waals surface area contributed by atoms with Crippen molar-refractivity contribution in [1.29, 1.82) is 0 Å². The number of carbonyl (C=O) groups excluding carboxylic acids is 1. The van der Waals surface area contributed by atoms with Crippen LogP contribution in [0, 0.1) is 5.82 Å². The molecule has 0 aliphatic carbocycles. The highest BCUT2D eigenvalue weighted by molar-refractivity contribution is 9.10. The molecule has 0 spiro atoms. The Morgan fingerprint density at radius 1 is 1.41 bits per heavy atom. The fraction of sp³-hybridized carbons (Fsp3) is 0.176. The van der Waals surface area contributed by atoms with E-state index in [4.69, 9.17) is 37.2 Å². The van der Waals surface area contributed by atoms with Crippen LogP contribution in [-0.2, 0) is 11.9 Å². The van der Waals surface area contributed by atoms with Gasteiger partial charge >= 0.3 is 0 Å². The van der Waals surface area contributed by atoms with E-state index in [0.29, 0.717) is 4.47 Å². The van der Waals surface area contributed by atoms with E-state index in [0.717, 1.165) is 0 Å². The second-order valence-corrected chi connectivity index (χ2v) is 7.33. The van der Waals surface area contributed by atoms with Crippen molar-refractivity contribution >= 4 is 82.5 Å². The van der Waals surface area contributed by atoms with Crippen molar-refractivity contribution in [3.63, 3.8) is 0 Å². The molecule has 29 heavy (non-hydrogen) atoms. The van der Waals surface area contributed by atoms with Crippen LogP contribution in [0.25, 0.3) is 11.0 Å². The molecule has 1 aromatic heterocycles. The number of nitrogens with zero attached hydrogens (tertiary/aromatic N) is 2. The van der Waals surface area contributed by atoms with Crippen LogP contribution in [0.15, 0.2) is 22.9 Å².